The third kappa shape index (κ3) is 4.73. The van der Waals surface area contributed by atoms with Gasteiger partial charge in [0, 0.05) is 13.1 Å². The summed E-state index contributed by atoms with van der Waals surface area (Å²) in [4.78, 5) is 18.2. The average Bonchev–Trinajstić information content (AvgIpc) is 2.79. The van der Waals surface area contributed by atoms with Gasteiger partial charge in [0.1, 0.15) is 11.0 Å². The molecule has 0 aliphatic heterocycles. The molecule has 0 fully saturated rings. The normalized spacial score (nSPS) is 22.4. The highest BCUT2D eigenvalue weighted by atomic mass is 32.2. The van der Waals surface area contributed by atoms with E-state index in [1.807, 2.05) is 43.3 Å². The minimum Gasteiger partial charge on any atom is -0.275 e. The van der Waals surface area contributed by atoms with E-state index in [0.29, 0.717) is 4.90 Å². The Balaban J connectivity index is 2.14. The van der Waals surface area contributed by atoms with Gasteiger partial charge in [-0.3, -0.25) is 9.63 Å². The van der Waals surface area contributed by atoms with Gasteiger partial charge in [-0.25, -0.2) is 14.0 Å². The Labute approximate surface area is 140 Å². The van der Waals surface area contributed by atoms with Crippen molar-refractivity contribution in [1.29, 1.82) is 0 Å². The van der Waals surface area contributed by atoms with E-state index < -0.39 is 11.0 Å². The van der Waals surface area contributed by atoms with Gasteiger partial charge in [-0.05, 0) is 38.3 Å². The van der Waals surface area contributed by atoms with E-state index in [2.05, 4.69) is 4.72 Å². The molecule has 126 valence electrons. The quantitative estimate of drug-likeness (QED) is 0.663. The van der Waals surface area contributed by atoms with Crippen molar-refractivity contribution in [1.82, 2.24) is 9.79 Å². The van der Waals surface area contributed by atoms with Gasteiger partial charge in [0.25, 0.3) is 5.91 Å². The van der Waals surface area contributed by atoms with Crippen LogP contribution in [0.15, 0.2) is 41.3 Å². The molecule has 0 unspecified atom stereocenters. The second kappa shape index (κ2) is 8.38. The molecule has 1 aromatic carbocycles. The summed E-state index contributed by atoms with van der Waals surface area (Å²) in [6.07, 6.45) is 6.59. The molecule has 6 heteroatoms. The Morgan fingerprint density at radius 1 is 1.35 bits per heavy atom. The fourth-order valence-electron chi connectivity index (χ4n) is 2.59. The van der Waals surface area contributed by atoms with E-state index in [0.717, 1.165) is 24.8 Å². The van der Waals surface area contributed by atoms with Crippen LogP contribution in [0.5, 0.6) is 0 Å². The average molecular weight is 336 g/mol. The number of hydrogen-bond donors (Lipinski definition) is 1. The van der Waals surface area contributed by atoms with Gasteiger partial charge in [-0.2, -0.15) is 0 Å². The lowest BCUT2D eigenvalue weighted by Crippen LogP contribution is -2.44. The zero-order valence-electron chi connectivity index (χ0n) is 13.8. The van der Waals surface area contributed by atoms with Crippen LogP contribution in [0.3, 0.4) is 0 Å². The molecule has 5 nitrogen and oxygen atoms in total. The van der Waals surface area contributed by atoms with E-state index in [-0.39, 0.29) is 17.9 Å². The molecule has 1 N–H and O–H groups in total. The molecule has 0 bridgehead atoms. The van der Waals surface area contributed by atoms with Gasteiger partial charge in [0.15, 0.2) is 0 Å². The summed E-state index contributed by atoms with van der Waals surface area (Å²) in [7, 11) is 1.71. The Morgan fingerprint density at radius 3 is 2.70 bits per heavy atom. The van der Waals surface area contributed by atoms with Gasteiger partial charge < -0.3 is 0 Å². The van der Waals surface area contributed by atoms with Crippen LogP contribution in [0.4, 0.5) is 0 Å². The Kier molecular flexibility index (Phi) is 6.50. The van der Waals surface area contributed by atoms with Crippen molar-refractivity contribution in [3.63, 3.8) is 0 Å². The molecule has 0 radical (unpaired) electrons. The second-order valence-corrected chi connectivity index (χ2v) is 6.95. The largest absolute Gasteiger partial charge is 0.275 e. The van der Waals surface area contributed by atoms with Crippen LogP contribution in [0.2, 0.25) is 0 Å². The number of aryl methyl sites for hydroxylation is 1. The number of hydroxylamine groups is 2. The van der Waals surface area contributed by atoms with Crippen molar-refractivity contribution in [2.24, 2.45) is 5.92 Å². The fourth-order valence-corrected chi connectivity index (χ4v) is 3.60. The molecule has 1 aliphatic rings. The van der Waals surface area contributed by atoms with Gasteiger partial charge in [-0.1, -0.05) is 29.8 Å². The molecule has 1 aliphatic carbocycles. The molecule has 0 spiro atoms. The lowest BCUT2D eigenvalue weighted by molar-refractivity contribution is -0.174. The van der Waals surface area contributed by atoms with E-state index in [1.165, 1.54) is 12.2 Å². The summed E-state index contributed by atoms with van der Waals surface area (Å²) in [6, 6.07) is 7.27. The first kappa shape index (κ1) is 17.8. The highest BCUT2D eigenvalue weighted by Crippen LogP contribution is 2.22. The SMILES string of the molecule is CON(C)C(=O)[C@@H]1CCCC=C[C@@H]1N[S@@](=O)c1ccc(C)cc1. The molecule has 0 heterocycles. The first-order chi connectivity index (χ1) is 11.0. The van der Waals surface area contributed by atoms with Crippen LogP contribution in [-0.4, -0.2) is 35.4 Å². The summed E-state index contributed by atoms with van der Waals surface area (Å²) in [5.41, 5.74) is 1.12. The summed E-state index contributed by atoms with van der Waals surface area (Å²) < 4.78 is 15.6. The van der Waals surface area contributed by atoms with Crippen LogP contribution in [0.25, 0.3) is 0 Å². The molecular formula is C17H24N2O3S. The maximum absolute atomic E-state index is 12.6. The van der Waals surface area contributed by atoms with Crippen LogP contribution in [0, 0.1) is 12.8 Å². The van der Waals surface area contributed by atoms with Crippen molar-refractivity contribution >= 4 is 16.9 Å². The monoisotopic (exact) mass is 336 g/mol. The van der Waals surface area contributed by atoms with E-state index >= 15 is 0 Å². The third-order valence-corrected chi connectivity index (χ3v) is 5.23. The minimum atomic E-state index is -1.36. The molecule has 1 aromatic rings. The van der Waals surface area contributed by atoms with E-state index in [4.69, 9.17) is 4.84 Å². The molecule has 0 saturated carbocycles. The predicted octanol–water partition coefficient (Wildman–Crippen LogP) is 2.35. The number of carbonyl (C=O) groups excluding carboxylic acids is 1. The summed E-state index contributed by atoms with van der Waals surface area (Å²) >= 11 is 0. The molecule has 1 amide bonds. The van der Waals surface area contributed by atoms with Gasteiger partial charge in [0.2, 0.25) is 0 Å². The lowest BCUT2D eigenvalue weighted by Gasteiger charge is -2.26. The Morgan fingerprint density at radius 2 is 2.04 bits per heavy atom. The van der Waals surface area contributed by atoms with Gasteiger partial charge >= 0.3 is 0 Å². The third-order valence-electron chi connectivity index (χ3n) is 4.04. The minimum absolute atomic E-state index is 0.0996. The zero-order valence-corrected chi connectivity index (χ0v) is 14.6. The number of rotatable bonds is 5. The van der Waals surface area contributed by atoms with Crippen molar-refractivity contribution in [3.8, 4) is 0 Å². The lowest BCUT2D eigenvalue weighted by atomic mass is 9.95. The smallest absolute Gasteiger partial charge is 0.250 e. The standard InChI is InChI=1S/C17H24N2O3S/c1-13-9-11-14(12-10-13)23(21)18-16-8-6-4-5-7-15(16)17(20)19(2)22-3/h6,8-12,15-16,18H,4-5,7H2,1-3H3/t15-,16+,23+/m1/s1. The topological polar surface area (TPSA) is 58.6 Å². The predicted molar refractivity (Wildman–Crippen MR) is 90.8 cm³/mol. The fraction of sp³-hybridized carbons (Fsp3) is 0.471. The molecule has 23 heavy (non-hydrogen) atoms. The van der Waals surface area contributed by atoms with Crippen LogP contribution < -0.4 is 4.72 Å². The molecule has 0 saturated heterocycles. The number of benzene rings is 1. The first-order valence-corrected chi connectivity index (χ1v) is 8.91. The van der Waals surface area contributed by atoms with E-state index in [1.54, 1.807) is 7.05 Å². The number of hydrogen-bond acceptors (Lipinski definition) is 3. The maximum atomic E-state index is 12.6. The van der Waals surface area contributed by atoms with Crippen LogP contribution in [0.1, 0.15) is 24.8 Å². The number of carbonyl (C=O) groups is 1. The molecule has 0 aromatic heterocycles. The zero-order chi connectivity index (χ0) is 16.8. The van der Waals surface area contributed by atoms with Crippen molar-refractivity contribution in [3.05, 3.63) is 42.0 Å². The highest BCUT2D eigenvalue weighted by Gasteiger charge is 2.31. The second-order valence-electron chi connectivity index (χ2n) is 5.71. The number of nitrogens with zero attached hydrogens (tertiary/aromatic N) is 1. The van der Waals surface area contributed by atoms with Crippen molar-refractivity contribution < 1.29 is 13.8 Å². The van der Waals surface area contributed by atoms with Crippen molar-refractivity contribution in [2.45, 2.75) is 37.1 Å². The number of nitrogens with one attached hydrogen (secondary N) is 1. The highest BCUT2D eigenvalue weighted by molar-refractivity contribution is 7.83. The van der Waals surface area contributed by atoms with Gasteiger partial charge in [0.05, 0.1) is 17.9 Å². The van der Waals surface area contributed by atoms with Crippen molar-refractivity contribution in [2.75, 3.05) is 14.2 Å². The number of allylic oxidation sites excluding steroid dienone is 1. The molecular weight excluding hydrogens is 312 g/mol. The van der Waals surface area contributed by atoms with Gasteiger partial charge in [-0.15, -0.1) is 0 Å². The first-order valence-electron chi connectivity index (χ1n) is 7.76. The van der Waals surface area contributed by atoms with E-state index in [9.17, 15) is 9.00 Å². The summed E-state index contributed by atoms with van der Waals surface area (Å²) in [6.45, 7) is 1.99. The molecule has 2 rings (SSSR count). The summed E-state index contributed by atoms with van der Waals surface area (Å²) in [5.74, 6) is -0.384. The Hall–Kier alpha value is -1.50. The molecule has 3 atom stereocenters. The number of amides is 1. The summed E-state index contributed by atoms with van der Waals surface area (Å²) in [5, 5.41) is 1.24. The van der Waals surface area contributed by atoms with Crippen LogP contribution in [-0.2, 0) is 20.6 Å². The maximum Gasteiger partial charge on any atom is 0.250 e. The van der Waals surface area contributed by atoms with Crippen LogP contribution >= 0.6 is 0 Å². The Bertz CT molecular complexity index is 586.